The first kappa shape index (κ1) is 26.1. The number of hydrogen-bond acceptors (Lipinski definition) is 2. The average molecular weight is 552 g/mol. The van der Waals surface area contributed by atoms with Gasteiger partial charge in [0.1, 0.15) is 5.82 Å². The van der Waals surface area contributed by atoms with Crippen molar-refractivity contribution in [2.24, 2.45) is 4.99 Å². The van der Waals surface area contributed by atoms with Crippen LogP contribution in [0.15, 0.2) is 47.5 Å². The molecule has 0 spiro atoms. The Bertz CT molecular complexity index is 928. The zero-order chi connectivity index (χ0) is 22.2. The van der Waals surface area contributed by atoms with E-state index in [9.17, 15) is 9.18 Å². The second-order valence-corrected chi connectivity index (χ2v) is 8.12. The zero-order valence-electron chi connectivity index (χ0n) is 19.2. The number of halogens is 2. The van der Waals surface area contributed by atoms with Gasteiger partial charge in [-0.15, -0.1) is 24.0 Å². The molecule has 0 aliphatic carbocycles. The van der Waals surface area contributed by atoms with E-state index in [1.807, 2.05) is 49.1 Å². The van der Waals surface area contributed by atoms with E-state index < -0.39 is 0 Å². The molecule has 0 saturated carbocycles. The van der Waals surface area contributed by atoms with Crippen LogP contribution in [0.2, 0.25) is 0 Å². The normalized spacial score (nSPS) is 15.0. The van der Waals surface area contributed by atoms with Crippen LogP contribution in [0.25, 0.3) is 0 Å². The van der Waals surface area contributed by atoms with Crippen molar-refractivity contribution < 1.29 is 9.18 Å². The average Bonchev–Trinajstić information content (AvgIpc) is 2.79. The molecule has 1 atom stereocenters. The monoisotopic (exact) mass is 552 g/mol. The van der Waals surface area contributed by atoms with Crippen LogP contribution in [-0.4, -0.2) is 36.4 Å². The van der Waals surface area contributed by atoms with Gasteiger partial charge in [0.15, 0.2) is 5.96 Å². The summed E-state index contributed by atoms with van der Waals surface area (Å²) < 4.78 is 13.9. The van der Waals surface area contributed by atoms with Crippen LogP contribution in [-0.2, 0) is 6.54 Å². The highest BCUT2D eigenvalue weighted by molar-refractivity contribution is 14.0. The largest absolute Gasteiger partial charge is 0.357 e. The van der Waals surface area contributed by atoms with Crippen molar-refractivity contribution in [3.05, 3.63) is 70.5 Å². The van der Waals surface area contributed by atoms with Crippen LogP contribution in [0.1, 0.15) is 66.2 Å². The molecule has 1 fully saturated rings. The maximum absolute atomic E-state index is 13.9. The predicted molar refractivity (Wildman–Crippen MR) is 139 cm³/mol. The van der Waals surface area contributed by atoms with E-state index in [4.69, 9.17) is 0 Å². The molecular formula is C25H34FIN4O. The molecule has 174 valence electrons. The topological polar surface area (TPSA) is 56.7 Å². The van der Waals surface area contributed by atoms with Gasteiger partial charge in [0.05, 0.1) is 12.6 Å². The Morgan fingerprint density at radius 3 is 2.59 bits per heavy atom. The van der Waals surface area contributed by atoms with Gasteiger partial charge >= 0.3 is 0 Å². The summed E-state index contributed by atoms with van der Waals surface area (Å²) in [5.41, 5.74) is 3.20. The molecule has 7 heteroatoms. The fourth-order valence-corrected chi connectivity index (χ4v) is 3.74. The van der Waals surface area contributed by atoms with Crippen LogP contribution in [0.3, 0.4) is 0 Å². The first-order valence-electron chi connectivity index (χ1n) is 11.2. The third-order valence-electron chi connectivity index (χ3n) is 5.63. The molecule has 1 saturated heterocycles. The predicted octanol–water partition coefficient (Wildman–Crippen LogP) is 5.19. The Kier molecular flexibility index (Phi) is 10.4. The number of nitrogens with one attached hydrogen (secondary N) is 2. The standard InChI is InChI=1S/C25H33FN4O.HI/c1-4-27-25(29-19(3)21-12-11-18(2)23(26)16-21)28-17-20-9-8-10-22(15-20)24(31)30-13-6-5-7-14-30;/h8-12,15-16,19H,4-7,13-14,17H2,1-3H3,(H2,27,28,29);1H. The lowest BCUT2D eigenvalue weighted by atomic mass is 10.1. The van der Waals surface area contributed by atoms with Gasteiger partial charge in [-0.3, -0.25) is 4.79 Å². The summed E-state index contributed by atoms with van der Waals surface area (Å²) >= 11 is 0. The minimum Gasteiger partial charge on any atom is -0.357 e. The van der Waals surface area contributed by atoms with E-state index in [1.165, 1.54) is 6.42 Å². The molecule has 0 radical (unpaired) electrons. The first-order chi connectivity index (χ1) is 15.0. The highest BCUT2D eigenvalue weighted by Gasteiger charge is 2.18. The number of aryl methyl sites for hydroxylation is 1. The smallest absolute Gasteiger partial charge is 0.253 e. The summed E-state index contributed by atoms with van der Waals surface area (Å²) in [4.78, 5) is 19.4. The van der Waals surface area contributed by atoms with Crippen LogP contribution < -0.4 is 10.6 Å². The molecule has 1 amide bonds. The van der Waals surface area contributed by atoms with E-state index in [1.54, 1.807) is 19.1 Å². The van der Waals surface area contributed by atoms with E-state index in [0.29, 0.717) is 24.6 Å². The highest BCUT2D eigenvalue weighted by atomic mass is 127. The summed E-state index contributed by atoms with van der Waals surface area (Å²) in [5, 5.41) is 6.58. The number of piperidine rings is 1. The van der Waals surface area contributed by atoms with Gasteiger partial charge < -0.3 is 15.5 Å². The van der Waals surface area contributed by atoms with Gasteiger partial charge in [-0.2, -0.15) is 0 Å². The SMILES string of the molecule is CCNC(=NCc1cccc(C(=O)N2CCCCC2)c1)NC(C)c1ccc(C)c(F)c1.I. The summed E-state index contributed by atoms with van der Waals surface area (Å²) in [6.07, 6.45) is 3.36. The molecule has 1 aliphatic heterocycles. The maximum atomic E-state index is 13.9. The van der Waals surface area contributed by atoms with Crippen LogP contribution in [0.4, 0.5) is 4.39 Å². The Morgan fingerprint density at radius 2 is 1.91 bits per heavy atom. The lowest BCUT2D eigenvalue weighted by molar-refractivity contribution is 0.0724. The van der Waals surface area contributed by atoms with Crippen molar-refractivity contribution in [1.82, 2.24) is 15.5 Å². The number of aliphatic imine (C=N–C) groups is 1. The third-order valence-corrected chi connectivity index (χ3v) is 5.63. The van der Waals surface area contributed by atoms with Crippen LogP contribution >= 0.6 is 24.0 Å². The molecule has 2 aromatic rings. The fraction of sp³-hybridized carbons (Fsp3) is 0.440. The van der Waals surface area contributed by atoms with Gasteiger partial charge in [-0.05, 0) is 74.9 Å². The van der Waals surface area contributed by atoms with Gasteiger partial charge in [-0.1, -0.05) is 24.3 Å². The number of guanidine groups is 1. The van der Waals surface area contributed by atoms with E-state index in [2.05, 4.69) is 15.6 Å². The maximum Gasteiger partial charge on any atom is 0.253 e. The highest BCUT2D eigenvalue weighted by Crippen LogP contribution is 2.17. The van der Waals surface area contributed by atoms with E-state index in [0.717, 1.165) is 42.6 Å². The van der Waals surface area contributed by atoms with Crippen molar-refractivity contribution in [1.29, 1.82) is 0 Å². The third kappa shape index (κ3) is 7.18. The molecule has 2 aromatic carbocycles. The Balaban J connectivity index is 0.00000363. The molecule has 3 rings (SSSR count). The van der Waals surface area contributed by atoms with Gasteiger partial charge in [-0.25, -0.2) is 9.38 Å². The van der Waals surface area contributed by atoms with Gasteiger partial charge in [0, 0.05) is 25.2 Å². The second kappa shape index (κ2) is 12.8. The lowest BCUT2D eigenvalue weighted by Crippen LogP contribution is -2.38. The summed E-state index contributed by atoms with van der Waals surface area (Å²) in [7, 11) is 0. The molecule has 1 aliphatic rings. The number of carbonyl (C=O) groups excluding carboxylic acids is 1. The fourth-order valence-electron chi connectivity index (χ4n) is 3.74. The van der Waals surface area contributed by atoms with Crippen molar-refractivity contribution >= 4 is 35.8 Å². The van der Waals surface area contributed by atoms with Crippen LogP contribution in [0, 0.1) is 12.7 Å². The summed E-state index contributed by atoms with van der Waals surface area (Å²) in [5.74, 6) is 0.553. The zero-order valence-corrected chi connectivity index (χ0v) is 21.5. The number of carbonyl (C=O) groups is 1. The van der Waals surface area contributed by atoms with Gasteiger partial charge in [0.2, 0.25) is 0 Å². The molecule has 0 bridgehead atoms. The molecule has 5 nitrogen and oxygen atoms in total. The first-order valence-corrected chi connectivity index (χ1v) is 11.2. The van der Waals surface area contributed by atoms with Crippen molar-refractivity contribution in [3.63, 3.8) is 0 Å². The molecule has 1 unspecified atom stereocenters. The molecular weight excluding hydrogens is 518 g/mol. The molecule has 2 N–H and O–H groups in total. The molecule has 1 heterocycles. The minimum absolute atomic E-state index is 0. The Morgan fingerprint density at radius 1 is 1.16 bits per heavy atom. The second-order valence-electron chi connectivity index (χ2n) is 8.12. The summed E-state index contributed by atoms with van der Waals surface area (Å²) in [6.45, 7) is 8.59. The number of nitrogens with zero attached hydrogens (tertiary/aromatic N) is 2. The number of amides is 1. The van der Waals surface area contributed by atoms with Crippen molar-refractivity contribution in [2.45, 2.75) is 52.6 Å². The Labute approximate surface area is 207 Å². The number of benzene rings is 2. The molecule has 0 aromatic heterocycles. The number of likely N-dealkylation sites (tertiary alicyclic amines) is 1. The van der Waals surface area contributed by atoms with Gasteiger partial charge in [0.25, 0.3) is 5.91 Å². The lowest BCUT2D eigenvalue weighted by Gasteiger charge is -2.26. The van der Waals surface area contributed by atoms with Crippen molar-refractivity contribution in [3.8, 4) is 0 Å². The van der Waals surface area contributed by atoms with E-state index in [-0.39, 0.29) is 41.7 Å². The van der Waals surface area contributed by atoms with Crippen molar-refractivity contribution in [2.75, 3.05) is 19.6 Å². The van der Waals surface area contributed by atoms with E-state index >= 15 is 0 Å². The number of hydrogen-bond donors (Lipinski definition) is 2. The summed E-state index contributed by atoms with van der Waals surface area (Å²) in [6, 6.07) is 12.9. The Hall–Kier alpha value is -2.16. The quantitative estimate of drug-likeness (QED) is 0.295. The van der Waals surface area contributed by atoms with Crippen LogP contribution in [0.5, 0.6) is 0 Å². The minimum atomic E-state index is -0.205. The molecule has 32 heavy (non-hydrogen) atoms. The number of rotatable bonds is 6.